The Kier molecular flexibility index (Phi) is 5.82. The molecule has 0 saturated heterocycles. The number of likely N-dealkylation sites (N-methyl/N-ethyl adjacent to an activating group) is 1. The molecule has 1 amide bonds. The summed E-state index contributed by atoms with van der Waals surface area (Å²) in [6.45, 7) is 4.72. The molecule has 4 nitrogen and oxygen atoms in total. The first kappa shape index (κ1) is 14.7. The molecule has 1 atom stereocenters. The van der Waals surface area contributed by atoms with E-state index in [1.165, 1.54) is 0 Å². The number of aliphatic hydroxyl groups is 1. The van der Waals surface area contributed by atoms with Crippen LogP contribution in [0, 0.1) is 6.92 Å². The Labute approximate surface area is 109 Å². The van der Waals surface area contributed by atoms with Gasteiger partial charge in [-0.25, -0.2) is 0 Å². The maximum Gasteiger partial charge on any atom is 0.238 e. The van der Waals surface area contributed by atoms with Gasteiger partial charge in [0.05, 0.1) is 12.6 Å². The van der Waals surface area contributed by atoms with E-state index in [2.05, 4.69) is 5.32 Å². The van der Waals surface area contributed by atoms with E-state index < -0.39 is 0 Å². The van der Waals surface area contributed by atoms with E-state index >= 15 is 0 Å². The minimum absolute atomic E-state index is 0.0651. The summed E-state index contributed by atoms with van der Waals surface area (Å²) in [5.74, 6) is -0.0651. The fourth-order valence-corrected chi connectivity index (χ4v) is 1.64. The van der Waals surface area contributed by atoms with Crippen molar-refractivity contribution in [2.75, 3.05) is 25.5 Å². The largest absolute Gasteiger partial charge is 0.392 e. The van der Waals surface area contributed by atoms with Crippen molar-refractivity contribution in [3.8, 4) is 0 Å². The number of hydrogen-bond acceptors (Lipinski definition) is 3. The monoisotopic (exact) mass is 250 g/mol. The standard InChI is InChI=1S/C14H22N2O2/c1-4-13(17)9-16(3)10-14(18)15-12-7-5-11(2)6-8-12/h5-8,13,17H,4,9-10H2,1-3H3,(H,15,18). The maximum atomic E-state index is 11.7. The summed E-state index contributed by atoms with van der Waals surface area (Å²) in [6.07, 6.45) is 0.325. The lowest BCUT2D eigenvalue weighted by atomic mass is 10.2. The van der Waals surface area contributed by atoms with Gasteiger partial charge in [-0.2, -0.15) is 0 Å². The zero-order chi connectivity index (χ0) is 13.5. The number of carbonyl (C=O) groups excluding carboxylic acids is 1. The van der Waals surface area contributed by atoms with Crippen LogP contribution in [0.15, 0.2) is 24.3 Å². The maximum absolute atomic E-state index is 11.7. The lowest BCUT2D eigenvalue weighted by molar-refractivity contribution is -0.117. The van der Waals surface area contributed by atoms with Gasteiger partial charge in [0.15, 0.2) is 0 Å². The fraction of sp³-hybridized carbons (Fsp3) is 0.500. The third kappa shape index (κ3) is 5.29. The van der Waals surface area contributed by atoms with E-state index in [0.29, 0.717) is 13.0 Å². The predicted octanol–water partition coefficient (Wildman–Crippen LogP) is 1.64. The van der Waals surface area contributed by atoms with Gasteiger partial charge in [-0.3, -0.25) is 9.69 Å². The van der Waals surface area contributed by atoms with Gasteiger partial charge >= 0.3 is 0 Å². The Hall–Kier alpha value is -1.39. The van der Waals surface area contributed by atoms with Gasteiger partial charge in [0.1, 0.15) is 0 Å². The molecule has 1 unspecified atom stereocenters. The van der Waals surface area contributed by atoms with E-state index in [9.17, 15) is 9.90 Å². The summed E-state index contributed by atoms with van der Waals surface area (Å²) >= 11 is 0. The number of nitrogens with zero attached hydrogens (tertiary/aromatic N) is 1. The van der Waals surface area contributed by atoms with Gasteiger partial charge in [-0.1, -0.05) is 24.6 Å². The first-order chi connectivity index (χ1) is 8.51. The zero-order valence-corrected chi connectivity index (χ0v) is 11.3. The van der Waals surface area contributed by atoms with Crippen molar-refractivity contribution < 1.29 is 9.90 Å². The molecule has 0 aliphatic heterocycles. The van der Waals surface area contributed by atoms with Crippen LogP contribution in [0.1, 0.15) is 18.9 Å². The number of nitrogens with one attached hydrogen (secondary N) is 1. The molecule has 1 aromatic carbocycles. The van der Waals surface area contributed by atoms with Gasteiger partial charge in [0, 0.05) is 12.2 Å². The highest BCUT2D eigenvalue weighted by atomic mass is 16.3. The molecule has 1 aromatic rings. The summed E-state index contributed by atoms with van der Waals surface area (Å²) in [4.78, 5) is 13.6. The van der Waals surface area contributed by atoms with Gasteiger partial charge in [-0.05, 0) is 32.5 Å². The molecule has 0 aromatic heterocycles. The second-order valence-corrected chi connectivity index (χ2v) is 4.67. The van der Waals surface area contributed by atoms with Crippen LogP contribution in [0.25, 0.3) is 0 Å². The third-order valence-electron chi connectivity index (χ3n) is 2.74. The Balaban J connectivity index is 2.39. The van der Waals surface area contributed by atoms with Gasteiger partial charge in [0.2, 0.25) is 5.91 Å². The summed E-state index contributed by atoms with van der Waals surface area (Å²) in [5, 5.41) is 12.3. The van der Waals surface area contributed by atoms with Crippen molar-refractivity contribution in [3.63, 3.8) is 0 Å². The summed E-state index contributed by atoms with van der Waals surface area (Å²) in [5.41, 5.74) is 1.96. The number of benzene rings is 1. The molecule has 1 rings (SSSR count). The number of aliphatic hydroxyl groups excluding tert-OH is 1. The lowest BCUT2D eigenvalue weighted by Crippen LogP contribution is -2.35. The molecule has 2 N–H and O–H groups in total. The molecular formula is C14H22N2O2. The van der Waals surface area contributed by atoms with E-state index in [-0.39, 0.29) is 18.6 Å². The van der Waals surface area contributed by atoms with Crippen molar-refractivity contribution in [1.82, 2.24) is 4.90 Å². The Morgan fingerprint density at radius 3 is 2.56 bits per heavy atom. The first-order valence-corrected chi connectivity index (χ1v) is 6.24. The minimum atomic E-state index is -0.373. The van der Waals surface area contributed by atoms with Crippen LogP contribution < -0.4 is 5.32 Å². The van der Waals surface area contributed by atoms with Gasteiger partial charge < -0.3 is 10.4 Å². The van der Waals surface area contributed by atoms with Crippen molar-refractivity contribution >= 4 is 11.6 Å². The van der Waals surface area contributed by atoms with Crippen LogP contribution in [0.2, 0.25) is 0 Å². The second-order valence-electron chi connectivity index (χ2n) is 4.67. The topological polar surface area (TPSA) is 52.6 Å². The predicted molar refractivity (Wildman–Crippen MR) is 73.6 cm³/mol. The minimum Gasteiger partial charge on any atom is -0.392 e. The normalized spacial score (nSPS) is 12.5. The lowest BCUT2D eigenvalue weighted by Gasteiger charge is -2.19. The Bertz CT molecular complexity index is 376. The third-order valence-corrected chi connectivity index (χ3v) is 2.74. The molecule has 0 aliphatic carbocycles. The van der Waals surface area contributed by atoms with Crippen molar-refractivity contribution in [2.45, 2.75) is 26.4 Å². The average Bonchev–Trinajstić information content (AvgIpc) is 2.31. The Morgan fingerprint density at radius 2 is 2.00 bits per heavy atom. The second kappa shape index (κ2) is 7.13. The summed E-state index contributed by atoms with van der Waals surface area (Å²) in [6, 6.07) is 7.68. The van der Waals surface area contributed by atoms with Gasteiger partial charge in [0.25, 0.3) is 0 Å². The highest BCUT2D eigenvalue weighted by Gasteiger charge is 2.10. The van der Waals surface area contributed by atoms with E-state index in [1.807, 2.05) is 50.1 Å². The summed E-state index contributed by atoms with van der Waals surface area (Å²) < 4.78 is 0. The summed E-state index contributed by atoms with van der Waals surface area (Å²) in [7, 11) is 1.83. The molecule has 18 heavy (non-hydrogen) atoms. The number of anilines is 1. The van der Waals surface area contributed by atoms with Crippen molar-refractivity contribution in [3.05, 3.63) is 29.8 Å². The van der Waals surface area contributed by atoms with Crippen LogP contribution in [0.4, 0.5) is 5.69 Å². The molecule has 0 aliphatic rings. The number of carbonyl (C=O) groups is 1. The van der Waals surface area contributed by atoms with Crippen LogP contribution >= 0.6 is 0 Å². The Morgan fingerprint density at radius 1 is 1.39 bits per heavy atom. The number of aryl methyl sites for hydroxylation is 1. The highest BCUT2D eigenvalue weighted by molar-refractivity contribution is 5.92. The van der Waals surface area contributed by atoms with Crippen molar-refractivity contribution in [2.24, 2.45) is 0 Å². The van der Waals surface area contributed by atoms with Crippen molar-refractivity contribution in [1.29, 1.82) is 0 Å². The van der Waals surface area contributed by atoms with Gasteiger partial charge in [-0.15, -0.1) is 0 Å². The molecule has 0 bridgehead atoms. The smallest absolute Gasteiger partial charge is 0.238 e. The fourth-order valence-electron chi connectivity index (χ4n) is 1.64. The van der Waals surface area contributed by atoms with Crippen LogP contribution in [-0.2, 0) is 4.79 Å². The molecular weight excluding hydrogens is 228 g/mol. The highest BCUT2D eigenvalue weighted by Crippen LogP contribution is 2.08. The SMILES string of the molecule is CCC(O)CN(C)CC(=O)Nc1ccc(C)cc1. The first-order valence-electron chi connectivity index (χ1n) is 6.24. The molecule has 0 spiro atoms. The van der Waals surface area contributed by atoms with E-state index in [4.69, 9.17) is 0 Å². The molecule has 0 fully saturated rings. The molecule has 0 heterocycles. The number of amides is 1. The quantitative estimate of drug-likeness (QED) is 0.807. The van der Waals surface area contributed by atoms with Crippen LogP contribution in [-0.4, -0.2) is 42.2 Å². The molecule has 0 saturated carbocycles. The van der Waals surface area contributed by atoms with Crippen LogP contribution in [0.5, 0.6) is 0 Å². The average molecular weight is 250 g/mol. The van der Waals surface area contributed by atoms with E-state index in [1.54, 1.807) is 0 Å². The molecule has 4 heteroatoms. The molecule has 0 radical (unpaired) electrons. The number of rotatable bonds is 6. The molecule has 100 valence electrons. The number of hydrogen-bond donors (Lipinski definition) is 2. The van der Waals surface area contributed by atoms with Crippen LogP contribution in [0.3, 0.4) is 0 Å². The zero-order valence-electron chi connectivity index (χ0n) is 11.3. The van der Waals surface area contributed by atoms with E-state index in [0.717, 1.165) is 11.3 Å².